The van der Waals surface area contributed by atoms with Crippen molar-refractivity contribution in [1.29, 1.82) is 0 Å². The monoisotopic (exact) mass is 551 g/mol. The number of sulfone groups is 1. The molecule has 0 heterocycles. The summed E-state index contributed by atoms with van der Waals surface area (Å²) in [5, 5.41) is 7.10. The van der Waals surface area contributed by atoms with Crippen LogP contribution in [0.2, 0.25) is 5.02 Å². The Balaban J connectivity index is 0.00000420. The number of hydrogen-bond donors (Lipinski definition) is 2. The summed E-state index contributed by atoms with van der Waals surface area (Å²) >= 11 is 5.87. The smallest absolute Gasteiger partial charge is 0.191 e. The Kier molecular flexibility index (Phi) is 10.2. The normalized spacial score (nSPS) is 12.7. The lowest BCUT2D eigenvalue weighted by Crippen LogP contribution is -2.41. The quantitative estimate of drug-likeness (QED) is 0.311. The summed E-state index contributed by atoms with van der Waals surface area (Å²) in [5.41, 5.74) is 1.70. The van der Waals surface area contributed by atoms with Gasteiger partial charge in [0.25, 0.3) is 0 Å². The summed E-state index contributed by atoms with van der Waals surface area (Å²) in [6, 6.07) is 12.5. The van der Waals surface area contributed by atoms with Crippen molar-refractivity contribution in [3.8, 4) is 5.75 Å². The molecule has 0 amide bonds. The van der Waals surface area contributed by atoms with E-state index in [1.165, 1.54) is 6.26 Å². The highest BCUT2D eigenvalue weighted by Gasteiger charge is 2.11. The van der Waals surface area contributed by atoms with Gasteiger partial charge in [0.15, 0.2) is 15.8 Å². The summed E-state index contributed by atoms with van der Waals surface area (Å²) in [5.74, 6) is 1.39. The van der Waals surface area contributed by atoms with Crippen LogP contribution in [0.15, 0.2) is 52.4 Å². The number of halogens is 2. The van der Waals surface area contributed by atoms with Crippen LogP contribution in [-0.4, -0.2) is 40.3 Å². The van der Waals surface area contributed by atoms with Crippen molar-refractivity contribution in [2.45, 2.75) is 31.4 Å². The van der Waals surface area contributed by atoms with E-state index in [-0.39, 0.29) is 30.1 Å². The highest BCUT2D eigenvalue weighted by atomic mass is 127. The molecule has 6 nitrogen and oxygen atoms in total. The van der Waals surface area contributed by atoms with E-state index in [1.807, 2.05) is 25.1 Å². The predicted octanol–water partition coefficient (Wildman–Crippen LogP) is 3.80. The fourth-order valence-corrected chi connectivity index (χ4v) is 3.76. The van der Waals surface area contributed by atoms with Gasteiger partial charge < -0.3 is 15.4 Å². The molecule has 2 aromatic rings. The van der Waals surface area contributed by atoms with Crippen LogP contribution >= 0.6 is 35.6 Å². The lowest BCUT2D eigenvalue weighted by atomic mass is 10.1. The Morgan fingerprint density at radius 1 is 1.17 bits per heavy atom. The second-order valence-corrected chi connectivity index (χ2v) is 8.98. The van der Waals surface area contributed by atoms with Crippen molar-refractivity contribution in [3.05, 3.63) is 58.6 Å². The van der Waals surface area contributed by atoms with Crippen LogP contribution in [0.5, 0.6) is 5.75 Å². The molecule has 29 heavy (non-hydrogen) atoms. The average Bonchev–Trinajstić information content (AvgIpc) is 2.63. The lowest BCUT2D eigenvalue weighted by Gasteiger charge is -2.18. The van der Waals surface area contributed by atoms with Crippen molar-refractivity contribution in [2.75, 3.05) is 19.8 Å². The minimum Gasteiger partial charge on any atom is -0.489 e. The summed E-state index contributed by atoms with van der Waals surface area (Å²) in [6.45, 7) is 4.84. The van der Waals surface area contributed by atoms with Crippen LogP contribution in [0, 0.1) is 6.92 Å². The topological polar surface area (TPSA) is 79.8 Å². The number of ether oxygens (including phenoxy) is 1. The van der Waals surface area contributed by atoms with Gasteiger partial charge in [0.1, 0.15) is 11.9 Å². The molecule has 1 unspecified atom stereocenters. The molecular formula is C20H27ClIN3O3S. The van der Waals surface area contributed by atoms with Crippen LogP contribution in [-0.2, 0) is 16.4 Å². The van der Waals surface area contributed by atoms with E-state index in [0.717, 1.165) is 16.9 Å². The third-order valence-electron chi connectivity index (χ3n) is 4.03. The van der Waals surface area contributed by atoms with E-state index in [9.17, 15) is 8.42 Å². The van der Waals surface area contributed by atoms with Gasteiger partial charge in [-0.05, 0) is 55.3 Å². The minimum atomic E-state index is -3.21. The first-order valence-corrected chi connectivity index (χ1v) is 11.1. The number of rotatable bonds is 7. The molecule has 0 bridgehead atoms. The van der Waals surface area contributed by atoms with Crippen LogP contribution < -0.4 is 15.4 Å². The number of aliphatic imine (C=N–C) groups is 1. The van der Waals surface area contributed by atoms with Crippen molar-refractivity contribution in [1.82, 2.24) is 10.6 Å². The summed E-state index contributed by atoms with van der Waals surface area (Å²) in [4.78, 5) is 4.55. The maximum absolute atomic E-state index is 11.7. The summed E-state index contributed by atoms with van der Waals surface area (Å²) in [6.07, 6.45) is 1.14. The van der Waals surface area contributed by atoms with E-state index in [4.69, 9.17) is 16.3 Å². The van der Waals surface area contributed by atoms with E-state index in [2.05, 4.69) is 15.6 Å². The van der Waals surface area contributed by atoms with Gasteiger partial charge in [-0.1, -0.05) is 23.7 Å². The summed E-state index contributed by atoms with van der Waals surface area (Å²) in [7, 11) is -1.52. The van der Waals surface area contributed by atoms with Crippen LogP contribution in [0.4, 0.5) is 0 Å². The largest absolute Gasteiger partial charge is 0.489 e. The standard InChI is InChI=1S/C20H26ClN3O3S.HI/c1-14-11-16(5-10-19(14)28(4,25)26)13-24-20(22-3)23-12-15(2)27-18-8-6-17(21)7-9-18;/h5-11,15H,12-13H2,1-4H3,(H2,22,23,24);1H. The van der Waals surface area contributed by atoms with Gasteiger partial charge in [-0.25, -0.2) is 8.42 Å². The number of hydrogen-bond acceptors (Lipinski definition) is 4. The average molecular weight is 552 g/mol. The molecule has 0 radical (unpaired) electrons. The number of nitrogens with zero attached hydrogens (tertiary/aromatic N) is 1. The third-order valence-corrected chi connectivity index (χ3v) is 5.54. The number of nitrogens with one attached hydrogen (secondary N) is 2. The SMILES string of the molecule is CN=C(NCc1ccc(S(C)(=O)=O)c(C)c1)NCC(C)Oc1ccc(Cl)cc1.I. The predicted molar refractivity (Wildman–Crippen MR) is 129 cm³/mol. The van der Waals surface area contributed by atoms with Crippen LogP contribution in [0.25, 0.3) is 0 Å². The van der Waals surface area contributed by atoms with Crippen LogP contribution in [0.3, 0.4) is 0 Å². The summed E-state index contributed by atoms with van der Waals surface area (Å²) < 4.78 is 29.2. The van der Waals surface area contributed by atoms with Gasteiger partial charge in [0.2, 0.25) is 0 Å². The first kappa shape index (κ1) is 25.5. The lowest BCUT2D eigenvalue weighted by molar-refractivity contribution is 0.224. The molecule has 0 spiro atoms. The molecule has 2 N–H and O–H groups in total. The molecule has 2 aromatic carbocycles. The zero-order valence-electron chi connectivity index (χ0n) is 16.9. The molecule has 2 rings (SSSR count). The molecule has 1 atom stereocenters. The minimum absolute atomic E-state index is 0. The molecule has 0 aliphatic carbocycles. The Bertz CT molecular complexity index is 934. The zero-order chi connectivity index (χ0) is 20.7. The second-order valence-electron chi connectivity index (χ2n) is 6.56. The maximum Gasteiger partial charge on any atom is 0.191 e. The Morgan fingerprint density at radius 3 is 2.38 bits per heavy atom. The fraction of sp³-hybridized carbons (Fsp3) is 0.350. The van der Waals surface area contributed by atoms with Gasteiger partial charge in [-0.15, -0.1) is 24.0 Å². The van der Waals surface area contributed by atoms with E-state index in [1.54, 1.807) is 38.2 Å². The zero-order valence-corrected chi connectivity index (χ0v) is 20.8. The van der Waals surface area contributed by atoms with Crippen molar-refractivity contribution < 1.29 is 13.2 Å². The first-order valence-electron chi connectivity index (χ1n) is 8.85. The third kappa shape index (κ3) is 8.39. The highest BCUT2D eigenvalue weighted by Crippen LogP contribution is 2.17. The van der Waals surface area contributed by atoms with Crippen LogP contribution in [0.1, 0.15) is 18.1 Å². The molecule has 160 valence electrons. The Morgan fingerprint density at radius 2 is 1.83 bits per heavy atom. The first-order chi connectivity index (χ1) is 13.2. The van der Waals surface area contributed by atoms with Gasteiger partial charge in [-0.3, -0.25) is 4.99 Å². The molecule has 0 aromatic heterocycles. The molecule has 0 fully saturated rings. The number of aryl methyl sites for hydroxylation is 1. The van der Waals surface area contributed by atoms with E-state index >= 15 is 0 Å². The molecular weight excluding hydrogens is 525 g/mol. The second kappa shape index (κ2) is 11.6. The van der Waals surface area contributed by atoms with Gasteiger partial charge >= 0.3 is 0 Å². The van der Waals surface area contributed by atoms with Gasteiger partial charge in [-0.2, -0.15) is 0 Å². The van der Waals surface area contributed by atoms with Gasteiger partial charge in [0.05, 0.1) is 11.4 Å². The van der Waals surface area contributed by atoms with Crippen molar-refractivity contribution in [3.63, 3.8) is 0 Å². The van der Waals surface area contributed by atoms with Crippen molar-refractivity contribution >= 4 is 51.4 Å². The Labute approximate surface area is 195 Å². The Hall–Kier alpha value is -1.52. The number of benzene rings is 2. The fourth-order valence-electron chi connectivity index (χ4n) is 2.67. The van der Waals surface area contributed by atoms with Crippen molar-refractivity contribution in [2.24, 2.45) is 4.99 Å². The molecule has 0 saturated heterocycles. The molecule has 9 heteroatoms. The highest BCUT2D eigenvalue weighted by molar-refractivity contribution is 14.0. The molecule has 0 saturated carbocycles. The van der Waals surface area contributed by atoms with Gasteiger partial charge in [0, 0.05) is 24.9 Å². The number of guanidine groups is 1. The molecule has 0 aliphatic rings. The maximum atomic E-state index is 11.7. The van der Waals surface area contributed by atoms with E-state index < -0.39 is 9.84 Å². The van der Waals surface area contributed by atoms with E-state index in [0.29, 0.717) is 29.0 Å². The molecule has 0 aliphatic heterocycles.